The van der Waals surface area contributed by atoms with Crippen molar-refractivity contribution >= 4 is 23.1 Å². The Bertz CT molecular complexity index is 984. The molecule has 1 aliphatic carbocycles. The summed E-state index contributed by atoms with van der Waals surface area (Å²) in [6.07, 6.45) is 3.61. The Morgan fingerprint density at radius 3 is 2.41 bits per heavy atom. The van der Waals surface area contributed by atoms with E-state index in [0.29, 0.717) is 22.8 Å². The summed E-state index contributed by atoms with van der Waals surface area (Å²) in [5, 5.41) is 0. The molecule has 0 N–H and O–H groups in total. The van der Waals surface area contributed by atoms with Crippen LogP contribution < -0.4 is 14.2 Å². The van der Waals surface area contributed by atoms with Crippen molar-refractivity contribution in [3.8, 4) is 17.2 Å². The number of benzene rings is 2. The first-order chi connectivity index (χ1) is 13.0. The topological polar surface area (TPSA) is 78.9 Å². The summed E-state index contributed by atoms with van der Waals surface area (Å²) in [6.45, 7) is 0. The van der Waals surface area contributed by atoms with Gasteiger partial charge in [0.1, 0.15) is 17.2 Å². The van der Waals surface area contributed by atoms with Crippen LogP contribution in [0.5, 0.6) is 17.2 Å². The molecule has 136 valence electrons. The molecule has 0 aliphatic heterocycles. The van der Waals surface area contributed by atoms with Crippen molar-refractivity contribution in [3.63, 3.8) is 0 Å². The number of esters is 1. The second kappa shape index (κ2) is 7.70. The molecule has 0 saturated carbocycles. The van der Waals surface area contributed by atoms with E-state index in [2.05, 4.69) is 0 Å². The number of carbonyl (C=O) groups is 3. The lowest BCUT2D eigenvalue weighted by atomic mass is 9.94. The highest BCUT2D eigenvalue weighted by Gasteiger charge is 2.21. The Labute approximate surface area is 155 Å². The summed E-state index contributed by atoms with van der Waals surface area (Å²) < 4.78 is 15.7. The third-order valence-electron chi connectivity index (χ3n) is 3.93. The molecule has 6 heteroatoms. The van der Waals surface area contributed by atoms with Gasteiger partial charge in [0.05, 0.1) is 19.8 Å². The highest BCUT2D eigenvalue weighted by Crippen LogP contribution is 2.30. The first kappa shape index (κ1) is 18.1. The molecule has 0 saturated heterocycles. The second-order valence-corrected chi connectivity index (χ2v) is 5.64. The molecular formula is C21H16O6. The maximum absolute atomic E-state index is 12.5. The Kier molecular flexibility index (Phi) is 5.17. The number of allylic oxidation sites excluding steroid dienone is 4. The van der Waals surface area contributed by atoms with Crippen molar-refractivity contribution in [1.82, 2.24) is 0 Å². The van der Waals surface area contributed by atoms with Gasteiger partial charge in [0.15, 0.2) is 11.6 Å². The maximum atomic E-state index is 12.5. The zero-order chi connectivity index (χ0) is 19.4. The summed E-state index contributed by atoms with van der Waals surface area (Å²) in [7, 11) is 2.96. The van der Waals surface area contributed by atoms with Crippen LogP contribution in [0, 0.1) is 0 Å². The number of ether oxygens (including phenoxy) is 3. The molecule has 0 aromatic heterocycles. The molecule has 0 spiro atoms. The molecule has 0 amide bonds. The highest BCUT2D eigenvalue weighted by atomic mass is 16.5. The van der Waals surface area contributed by atoms with Crippen LogP contribution in [0.3, 0.4) is 0 Å². The van der Waals surface area contributed by atoms with Crippen molar-refractivity contribution in [2.24, 2.45) is 0 Å². The molecule has 2 aromatic rings. The summed E-state index contributed by atoms with van der Waals surface area (Å²) in [5.74, 6) is -0.0162. The largest absolute Gasteiger partial charge is 0.497 e. The Balaban J connectivity index is 1.94. The van der Waals surface area contributed by atoms with Crippen molar-refractivity contribution < 1.29 is 28.6 Å². The standard InChI is InChI=1S/C21H16O6/c1-25-15-4-3-5-16(12-15)27-21(24)13-6-9-20(26-2)18(10-13)17-11-14(22)7-8-19(17)23/h3-12H,1-2H3. The minimum atomic E-state index is -0.613. The third kappa shape index (κ3) is 3.95. The van der Waals surface area contributed by atoms with E-state index in [4.69, 9.17) is 14.2 Å². The Morgan fingerprint density at radius 2 is 1.67 bits per heavy atom. The number of ketones is 2. The van der Waals surface area contributed by atoms with Crippen LogP contribution in [0.2, 0.25) is 0 Å². The fraction of sp³-hybridized carbons (Fsp3) is 0.0952. The van der Waals surface area contributed by atoms with E-state index >= 15 is 0 Å². The van der Waals surface area contributed by atoms with E-state index in [0.717, 1.165) is 0 Å². The predicted octanol–water partition coefficient (Wildman–Crippen LogP) is 3.01. The van der Waals surface area contributed by atoms with E-state index in [-0.39, 0.29) is 22.7 Å². The van der Waals surface area contributed by atoms with Crippen LogP contribution in [-0.4, -0.2) is 31.8 Å². The molecule has 0 fully saturated rings. The van der Waals surface area contributed by atoms with E-state index < -0.39 is 5.97 Å². The fourth-order valence-corrected chi connectivity index (χ4v) is 2.60. The first-order valence-electron chi connectivity index (χ1n) is 8.04. The molecule has 3 rings (SSSR count). The van der Waals surface area contributed by atoms with Crippen molar-refractivity contribution in [3.05, 3.63) is 71.8 Å². The minimum Gasteiger partial charge on any atom is -0.497 e. The highest BCUT2D eigenvalue weighted by molar-refractivity contribution is 6.34. The van der Waals surface area contributed by atoms with Gasteiger partial charge in [-0.05, 0) is 48.6 Å². The molecule has 0 bridgehead atoms. The Morgan fingerprint density at radius 1 is 0.889 bits per heavy atom. The summed E-state index contributed by atoms with van der Waals surface area (Å²) in [4.78, 5) is 36.3. The maximum Gasteiger partial charge on any atom is 0.343 e. The lowest BCUT2D eigenvalue weighted by Gasteiger charge is -2.13. The van der Waals surface area contributed by atoms with E-state index in [9.17, 15) is 14.4 Å². The second-order valence-electron chi connectivity index (χ2n) is 5.64. The van der Waals surface area contributed by atoms with E-state index in [1.165, 1.54) is 44.6 Å². The molecular weight excluding hydrogens is 348 g/mol. The van der Waals surface area contributed by atoms with Crippen LogP contribution in [-0.2, 0) is 9.59 Å². The van der Waals surface area contributed by atoms with Gasteiger partial charge in [-0.15, -0.1) is 0 Å². The van der Waals surface area contributed by atoms with Crippen molar-refractivity contribution in [2.75, 3.05) is 14.2 Å². The zero-order valence-electron chi connectivity index (χ0n) is 14.7. The quantitative estimate of drug-likeness (QED) is 0.461. The lowest BCUT2D eigenvalue weighted by Crippen LogP contribution is -2.11. The fourth-order valence-electron chi connectivity index (χ4n) is 2.60. The van der Waals surface area contributed by atoms with Gasteiger partial charge in [-0.2, -0.15) is 0 Å². The smallest absolute Gasteiger partial charge is 0.343 e. The number of hydrogen-bond donors (Lipinski definition) is 0. The van der Waals surface area contributed by atoms with Gasteiger partial charge in [-0.1, -0.05) is 6.07 Å². The van der Waals surface area contributed by atoms with Gasteiger partial charge in [0.2, 0.25) is 0 Å². The molecule has 27 heavy (non-hydrogen) atoms. The normalized spacial score (nSPS) is 13.2. The van der Waals surface area contributed by atoms with Gasteiger partial charge < -0.3 is 14.2 Å². The average molecular weight is 364 g/mol. The van der Waals surface area contributed by atoms with Gasteiger partial charge in [-0.3, -0.25) is 9.59 Å². The number of hydrogen-bond acceptors (Lipinski definition) is 6. The van der Waals surface area contributed by atoms with Gasteiger partial charge in [0, 0.05) is 17.2 Å². The average Bonchev–Trinajstić information content (AvgIpc) is 2.69. The zero-order valence-corrected chi connectivity index (χ0v) is 14.7. The molecule has 0 radical (unpaired) electrons. The number of carbonyl (C=O) groups excluding carboxylic acids is 3. The number of methoxy groups -OCH3 is 2. The summed E-state index contributed by atoms with van der Waals surface area (Å²) in [5.41, 5.74) is 0.722. The SMILES string of the molecule is COc1cccc(OC(=O)c2ccc(OC)c(C3=CC(=O)C=CC3=O)c2)c1. The van der Waals surface area contributed by atoms with E-state index in [1.807, 2.05) is 0 Å². The number of rotatable bonds is 5. The van der Waals surface area contributed by atoms with Gasteiger partial charge >= 0.3 is 5.97 Å². The van der Waals surface area contributed by atoms with Crippen LogP contribution in [0.4, 0.5) is 0 Å². The molecule has 2 aromatic carbocycles. The van der Waals surface area contributed by atoms with Crippen LogP contribution in [0.1, 0.15) is 15.9 Å². The van der Waals surface area contributed by atoms with Gasteiger partial charge in [0.25, 0.3) is 0 Å². The monoisotopic (exact) mass is 364 g/mol. The summed E-state index contributed by atoms with van der Waals surface area (Å²) >= 11 is 0. The van der Waals surface area contributed by atoms with Crippen molar-refractivity contribution in [1.29, 1.82) is 0 Å². The predicted molar refractivity (Wildman–Crippen MR) is 98.1 cm³/mol. The molecule has 6 nitrogen and oxygen atoms in total. The van der Waals surface area contributed by atoms with Gasteiger partial charge in [-0.25, -0.2) is 4.79 Å². The van der Waals surface area contributed by atoms with Crippen LogP contribution >= 0.6 is 0 Å². The summed E-state index contributed by atoms with van der Waals surface area (Å²) in [6, 6.07) is 11.2. The van der Waals surface area contributed by atoms with E-state index in [1.54, 1.807) is 30.3 Å². The lowest BCUT2D eigenvalue weighted by molar-refractivity contribution is -0.113. The minimum absolute atomic E-state index is 0.162. The first-order valence-corrected chi connectivity index (χ1v) is 8.04. The molecule has 0 heterocycles. The van der Waals surface area contributed by atoms with Crippen LogP contribution in [0.15, 0.2) is 60.7 Å². The third-order valence-corrected chi connectivity index (χ3v) is 3.93. The molecule has 1 aliphatic rings. The molecule has 0 atom stereocenters. The van der Waals surface area contributed by atoms with Crippen LogP contribution in [0.25, 0.3) is 5.57 Å². The molecule has 0 unspecified atom stereocenters. The Hall–Kier alpha value is -3.67. The van der Waals surface area contributed by atoms with Crippen molar-refractivity contribution in [2.45, 2.75) is 0 Å².